The summed E-state index contributed by atoms with van der Waals surface area (Å²) in [5.74, 6) is -0.594. The minimum absolute atomic E-state index is 0.297. The molecule has 0 amide bonds. The quantitative estimate of drug-likeness (QED) is 0.238. The Balaban J connectivity index is 2.20. The first-order valence-corrected chi connectivity index (χ1v) is 20.4. The summed E-state index contributed by atoms with van der Waals surface area (Å²) in [6.45, 7) is 3.77. The standard InChI is InChI=1S/2C7H6F.3C6H5.Bi/c2*1-6-3-2-4-7(8)5-6;3*1-2-4-6-5-3-1;/h2*2-3,5H,1H3;3*1-5H;. The number of hydrogen-bond donors (Lipinski definition) is 0. The van der Waals surface area contributed by atoms with E-state index in [1.54, 1.807) is 12.1 Å². The molecule has 0 fully saturated rings. The third-order valence-electron chi connectivity index (χ3n) is 6.99. The van der Waals surface area contributed by atoms with Crippen molar-refractivity contribution in [1.29, 1.82) is 0 Å². The van der Waals surface area contributed by atoms with Crippen molar-refractivity contribution in [2.75, 3.05) is 0 Å². The van der Waals surface area contributed by atoms with Crippen LogP contribution < -0.4 is 16.4 Å². The first-order chi connectivity index (χ1) is 17.0. The van der Waals surface area contributed by atoms with E-state index in [0.29, 0.717) is 6.54 Å². The van der Waals surface area contributed by atoms with Gasteiger partial charge in [-0.15, -0.1) is 0 Å². The molecule has 0 bridgehead atoms. The Kier molecular flexibility index (Phi) is 6.15. The molecular formula is C32H27BiF2. The second-order valence-electron chi connectivity index (χ2n) is 9.03. The van der Waals surface area contributed by atoms with E-state index >= 15 is 8.78 Å². The molecule has 3 heteroatoms. The van der Waals surface area contributed by atoms with Crippen LogP contribution in [0.25, 0.3) is 0 Å². The van der Waals surface area contributed by atoms with Crippen molar-refractivity contribution in [1.82, 2.24) is 0 Å². The van der Waals surface area contributed by atoms with Crippen LogP contribution >= 0.6 is 0 Å². The summed E-state index contributed by atoms with van der Waals surface area (Å²) >= 11 is -5.61. The Bertz CT molecular complexity index is 1320. The second kappa shape index (κ2) is 9.13. The molecule has 35 heavy (non-hydrogen) atoms. The van der Waals surface area contributed by atoms with E-state index in [9.17, 15) is 0 Å². The van der Waals surface area contributed by atoms with Crippen molar-refractivity contribution in [2.24, 2.45) is 0 Å². The molecule has 5 aromatic rings. The second-order valence-corrected chi connectivity index (χ2v) is 27.5. The maximum absolute atomic E-state index is 16.5. The number of aryl methyl sites for hydroxylation is 2. The van der Waals surface area contributed by atoms with Crippen molar-refractivity contribution in [2.45, 2.75) is 13.8 Å². The van der Waals surface area contributed by atoms with Crippen LogP contribution in [0.4, 0.5) is 8.78 Å². The van der Waals surface area contributed by atoms with E-state index in [-0.39, 0.29) is 11.6 Å². The Morgan fingerprint density at radius 2 is 0.743 bits per heavy atom. The van der Waals surface area contributed by atoms with E-state index in [2.05, 4.69) is 36.4 Å². The Hall–Kier alpha value is -3.16. The third-order valence-corrected chi connectivity index (χ3v) is 32.8. The number of benzene rings is 5. The van der Waals surface area contributed by atoms with Gasteiger partial charge in [0.15, 0.2) is 0 Å². The molecule has 0 spiro atoms. The summed E-state index contributed by atoms with van der Waals surface area (Å²) in [5, 5.41) is 0. The van der Waals surface area contributed by atoms with Gasteiger partial charge in [-0.3, -0.25) is 0 Å². The fourth-order valence-electron chi connectivity index (χ4n) is 5.54. The van der Waals surface area contributed by atoms with Gasteiger partial charge in [-0.2, -0.15) is 0 Å². The van der Waals surface area contributed by atoms with Gasteiger partial charge in [-0.1, -0.05) is 0 Å². The first kappa shape index (κ1) is 23.6. The van der Waals surface area contributed by atoms with Crippen molar-refractivity contribution in [3.8, 4) is 0 Å². The Labute approximate surface area is 207 Å². The van der Waals surface area contributed by atoms with Crippen molar-refractivity contribution >= 4 is 35.1 Å². The van der Waals surface area contributed by atoms with Gasteiger partial charge in [-0.25, -0.2) is 0 Å². The molecule has 0 N–H and O–H groups in total. The van der Waals surface area contributed by atoms with Crippen molar-refractivity contribution in [3.05, 3.63) is 150 Å². The summed E-state index contributed by atoms with van der Waals surface area (Å²) in [5.41, 5.74) is 1.67. The van der Waals surface area contributed by atoms with Crippen molar-refractivity contribution < 1.29 is 8.78 Å². The van der Waals surface area contributed by atoms with E-state index in [4.69, 9.17) is 0 Å². The molecule has 5 aromatic carbocycles. The molecule has 0 radical (unpaired) electrons. The minimum atomic E-state index is -5.61. The average Bonchev–Trinajstić information content (AvgIpc) is 2.88. The van der Waals surface area contributed by atoms with E-state index in [1.165, 1.54) is 0 Å². The molecular weight excluding hydrogens is 631 g/mol. The number of hydrogen-bond acceptors (Lipinski definition) is 0. The summed E-state index contributed by atoms with van der Waals surface area (Å²) in [6, 6.07) is 41.0. The fraction of sp³-hybridized carbons (Fsp3) is 0.0625. The molecule has 0 nitrogen and oxygen atoms in total. The zero-order valence-electron chi connectivity index (χ0n) is 19.8. The fourth-order valence-corrected chi connectivity index (χ4v) is 32.2. The summed E-state index contributed by atoms with van der Waals surface area (Å²) in [4.78, 5) is 0. The third kappa shape index (κ3) is 3.40. The zero-order valence-corrected chi connectivity index (χ0v) is 23.3. The van der Waals surface area contributed by atoms with Gasteiger partial charge in [0.2, 0.25) is 0 Å². The van der Waals surface area contributed by atoms with Crippen molar-refractivity contribution in [3.63, 3.8) is 0 Å². The summed E-state index contributed by atoms with van der Waals surface area (Å²) in [7, 11) is 0. The summed E-state index contributed by atoms with van der Waals surface area (Å²) < 4.78 is 37.1. The summed E-state index contributed by atoms with van der Waals surface area (Å²) in [6.07, 6.45) is 0. The number of halogens is 2. The maximum atomic E-state index is 16.5. The van der Waals surface area contributed by atoms with Gasteiger partial charge in [0, 0.05) is 0 Å². The van der Waals surface area contributed by atoms with Crippen LogP contribution in [0.5, 0.6) is 0 Å². The van der Waals surface area contributed by atoms with Crippen LogP contribution in [0.1, 0.15) is 11.1 Å². The van der Waals surface area contributed by atoms with E-state index in [0.717, 1.165) is 20.9 Å². The molecule has 0 saturated heterocycles. The predicted octanol–water partition coefficient (Wildman–Crippen LogP) is 4.82. The topological polar surface area (TPSA) is 0 Å². The molecule has 0 heterocycles. The van der Waals surface area contributed by atoms with Gasteiger partial charge < -0.3 is 0 Å². The Morgan fingerprint density at radius 3 is 1.03 bits per heavy atom. The molecule has 0 unspecified atom stereocenters. The van der Waals surface area contributed by atoms with Gasteiger partial charge in [0.1, 0.15) is 0 Å². The van der Waals surface area contributed by atoms with E-state index in [1.807, 2.05) is 92.7 Å². The van der Waals surface area contributed by atoms with Crippen LogP contribution in [0.15, 0.2) is 127 Å². The molecule has 0 aliphatic rings. The Morgan fingerprint density at radius 1 is 0.429 bits per heavy atom. The van der Waals surface area contributed by atoms with Gasteiger partial charge in [0.25, 0.3) is 0 Å². The predicted molar refractivity (Wildman–Crippen MR) is 146 cm³/mol. The van der Waals surface area contributed by atoms with Crippen LogP contribution in [-0.2, 0) is 0 Å². The first-order valence-electron chi connectivity index (χ1n) is 11.7. The molecule has 174 valence electrons. The normalized spacial score (nSPS) is 12.6. The number of rotatable bonds is 5. The van der Waals surface area contributed by atoms with Crippen LogP contribution in [0.3, 0.4) is 0 Å². The SMILES string of the molecule is Cc1cc[c]([Bi]([c]2ccccc2)([c]2ccccc2)([c]2ccccc2)[c]2ccc(C)cc2F)c(F)c1. The molecule has 0 atom stereocenters. The zero-order chi connectivity index (χ0) is 24.5. The van der Waals surface area contributed by atoms with Gasteiger partial charge in [-0.05, 0) is 0 Å². The van der Waals surface area contributed by atoms with Gasteiger partial charge in [0.05, 0.1) is 0 Å². The van der Waals surface area contributed by atoms with E-state index < -0.39 is 18.8 Å². The van der Waals surface area contributed by atoms with Gasteiger partial charge >= 0.3 is 208 Å². The molecule has 0 aromatic heterocycles. The molecule has 0 saturated carbocycles. The molecule has 5 rings (SSSR count). The van der Waals surface area contributed by atoms with Crippen LogP contribution in [-0.4, -0.2) is 18.8 Å². The molecule has 0 aliphatic carbocycles. The van der Waals surface area contributed by atoms with Crippen LogP contribution in [0.2, 0.25) is 0 Å². The average molecular weight is 659 g/mol. The van der Waals surface area contributed by atoms with Crippen LogP contribution in [0, 0.1) is 25.5 Å². The molecule has 0 aliphatic heterocycles. The monoisotopic (exact) mass is 658 g/mol.